The summed E-state index contributed by atoms with van der Waals surface area (Å²) in [6, 6.07) is 16.7. The van der Waals surface area contributed by atoms with Crippen LogP contribution >= 0.6 is 15.9 Å². The molecule has 0 radical (unpaired) electrons. The second kappa shape index (κ2) is 6.30. The molecule has 0 saturated carbocycles. The van der Waals surface area contributed by atoms with E-state index in [9.17, 15) is 5.26 Å². The lowest BCUT2D eigenvalue weighted by Crippen LogP contribution is -2.15. The first-order chi connectivity index (χ1) is 10.3. The maximum atomic E-state index is 9.27. The van der Waals surface area contributed by atoms with Crippen LogP contribution in [0.4, 0.5) is 5.69 Å². The minimum absolute atomic E-state index is 0.220. The molecule has 0 amide bonds. The summed E-state index contributed by atoms with van der Waals surface area (Å²) < 4.78 is 0.976. The third-order valence-corrected chi connectivity index (χ3v) is 4.28. The van der Waals surface area contributed by atoms with Gasteiger partial charge in [0, 0.05) is 11.0 Å². The molecular weight excluding hydrogens is 326 g/mol. The van der Waals surface area contributed by atoms with Crippen molar-refractivity contribution < 1.29 is 0 Å². The number of nitrogens with zero attached hydrogens (tertiary/aromatic N) is 1. The highest BCUT2D eigenvalue weighted by Gasteiger charge is 2.18. The molecule has 21 heavy (non-hydrogen) atoms. The number of halogens is 1. The highest BCUT2D eigenvalue weighted by atomic mass is 79.9. The number of nitriles is 1. The zero-order valence-corrected chi connectivity index (χ0v) is 13.2. The first kappa shape index (κ1) is 14.1. The Morgan fingerprint density at radius 3 is 2.95 bits per heavy atom. The van der Waals surface area contributed by atoms with Crippen LogP contribution in [0.1, 0.15) is 29.2 Å². The van der Waals surface area contributed by atoms with Crippen LogP contribution in [0.25, 0.3) is 0 Å². The summed E-state index contributed by atoms with van der Waals surface area (Å²) in [5.74, 6) is 0. The summed E-state index contributed by atoms with van der Waals surface area (Å²) in [6.45, 7) is 1.86. The van der Waals surface area contributed by atoms with Crippen molar-refractivity contribution in [3.05, 3.63) is 63.6 Å². The zero-order valence-electron chi connectivity index (χ0n) is 11.6. The standard InChI is InChI=1S/C17H16BrN3/c18-14-6-5-12(10-19)17(9-14)21-16-7-8-20-11-13-3-1-2-4-15(13)16/h1-6,9,16,20-21H,7-8,11H2. The predicted molar refractivity (Wildman–Crippen MR) is 88.0 cm³/mol. The van der Waals surface area contributed by atoms with E-state index in [1.165, 1.54) is 11.1 Å². The van der Waals surface area contributed by atoms with Crippen molar-refractivity contribution in [1.82, 2.24) is 5.32 Å². The maximum Gasteiger partial charge on any atom is 0.101 e. The van der Waals surface area contributed by atoms with Crippen LogP contribution in [0.5, 0.6) is 0 Å². The van der Waals surface area contributed by atoms with Crippen molar-refractivity contribution >= 4 is 21.6 Å². The van der Waals surface area contributed by atoms with Gasteiger partial charge in [0.15, 0.2) is 0 Å². The van der Waals surface area contributed by atoms with E-state index in [1.807, 2.05) is 18.2 Å². The van der Waals surface area contributed by atoms with Gasteiger partial charge in [-0.1, -0.05) is 40.2 Å². The third-order valence-electron chi connectivity index (χ3n) is 3.79. The highest BCUT2D eigenvalue weighted by molar-refractivity contribution is 9.10. The van der Waals surface area contributed by atoms with E-state index < -0.39 is 0 Å². The van der Waals surface area contributed by atoms with E-state index in [2.05, 4.69) is 56.9 Å². The quantitative estimate of drug-likeness (QED) is 0.868. The van der Waals surface area contributed by atoms with Crippen LogP contribution < -0.4 is 10.6 Å². The molecule has 0 spiro atoms. The fourth-order valence-corrected chi connectivity index (χ4v) is 3.09. The van der Waals surface area contributed by atoms with Crippen molar-refractivity contribution in [2.75, 3.05) is 11.9 Å². The Morgan fingerprint density at radius 1 is 1.24 bits per heavy atom. The van der Waals surface area contributed by atoms with Gasteiger partial charge in [-0.3, -0.25) is 0 Å². The van der Waals surface area contributed by atoms with E-state index in [1.54, 1.807) is 0 Å². The highest BCUT2D eigenvalue weighted by Crippen LogP contribution is 2.30. The van der Waals surface area contributed by atoms with Crippen LogP contribution in [-0.2, 0) is 6.54 Å². The van der Waals surface area contributed by atoms with Crippen LogP contribution in [0.2, 0.25) is 0 Å². The van der Waals surface area contributed by atoms with Gasteiger partial charge in [-0.25, -0.2) is 0 Å². The average molecular weight is 342 g/mol. The summed E-state index contributed by atoms with van der Waals surface area (Å²) in [5.41, 5.74) is 4.19. The van der Waals surface area contributed by atoms with Crippen molar-refractivity contribution in [2.45, 2.75) is 19.0 Å². The van der Waals surface area contributed by atoms with Gasteiger partial charge in [0.1, 0.15) is 6.07 Å². The third kappa shape index (κ3) is 3.10. The summed E-state index contributed by atoms with van der Waals surface area (Å²) >= 11 is 3.48. The summed E-state index contributed by atoms with van der Waals surface area (Å²) in [6.07, 6.45) is 0.994. The summed E-state index contributed by atoms with van der Waals surface area (Å²) in [7, 11) is 0. The number of anilines is 1. The fraction of sp³-hybridized carbons (Fsp3) is 0.235. The summed E-state index contributed by atoms with van der Waals surface area (Å²) in [4.78, 5) is 0. The topological polar surface area (TPSA) is 47.9 Å². The number of fused-ring (bicyclic) bond motifs is 1. The zero-order chi connectivity index (χ0) is 14.7. The number of hydrogen-bond acceptors (Lipinski definition) is 3. The molecule has 0 fully saturated rings. The second-order valence-corrected chi connectivity index (χ2v) is 6.08. The van der Waals surface area contributed by atoms with Gasteiger partial charge in [0.05, 0.1) is 17.3 Å². The Morgan fingerprint density at radius 2 is 2.10 bits per heavy atom. The minimum Gasteiger partial charge on any atom is -0.377 e. The Bertz CT molecular complexity index is 691. The molecule has 1 heterocycles. The maximum absolute atomic E-state index is 9.27. The van der Waals surface area contributed by atoms with Gasteiger partial charge in [0.2, 0.25) is 0 Å². The largest absolute Gasteiger partial charge is 0.377 e. The SMILES string of the molecule is N#Cc1ccc(Br)cc1NC1CCNCc2ccccc21. The van der Waals surface area contributed by atoms with E-state index in [0.29, 0.717) is 5.56 Å². The number of hydrogen-bond donors (Lipinski definition) is 2. The van der Waals surface area contributed by atoms with E-state index in [0.717, 1.165) is 29.7 Å². The van der Waals surface area contributed by atoms with Crippen LogP contribution in [-0.4, -0.2) is 6.54 Å². The van der Waals surface area contributed by atoms with Crippen molar-refractivity contribution in [2.24, 2.45) is 0 Å². The van der Waals surface area contributed by atoms with E-state index >= 15 is 0 Å². The molecule has 2 N–H and O–H groups in total. The molecule has 0 saturated heterocycles. The molecule has 4 heteroatoms. The van der Waals surface area contributed by atoms with Gasteiger partial charge < -0.3 is 10.6 Å². The average Bonchev–Trinajstić information content (AvgIpc) is 2.70. The first-order valence-electron chi connectivity index (χ1n) is 7.02. The molecule has 1 atom stereocenters. The number of rotatable bonds is 2. The Kier molecular flexibility index (Phi) is 4.23. The molecular formula is C17H16BrN3. The molecule has 1 aliphatic rings. The number of nitrogens with one attached hydrogen (secondary N) is 2. The van der Waals surface area contributed by atoms with Crippen molar-refractivity contribution in [1.29, 1.82) is 5.26 Å². The molecule has 0 bridgehead atoms. The lowest BCUT2D eigenvalue weighted by Gasteiger charge is -2.21. The van der Waals surface area contributed by atoms with E-state index in [4.69, 9.17) is 0 Å². The van der Waals surface area contributed by atoms with Gasteiger partial charge >= 0.3 is 0 Å². The monoisotopic (exact) mass is 341 g/mol. The molecule has 1 aliphatic heterocycles. The molecule has 106 valence electrons. The molecule has 2 aromatic carbocycles. The smallest absolute Gasteiger partial charge is 0.101 e. The molecule has 3 rings (SSSR count). The van der Waals surface area contributed by atoms with Crippen molar-refractivity contribution in [3.8, 4) is 6.07 Å². The van der Waals surface area contributed by atoms with Crippen LogP contribution in [0, 0.1) is 11.3 Å². The lowest BCUT2D eigenvalue weighted by atomic mass is 9.98. The normalized spacial score (nSPS) is 17.4. The Balaban J connectivity index is 1.95. The van der Waals surface area contributed by atoms with Gasteiger partial charge in [0.25, 0.3) is 0 Å². The molecule has 0 aromatic heterocycles. The van der Waals surface area contributed by atoms with Gasteiger partial charge in [-0.05, 0) is 42.3 Å². The first-order valence-corrected chi connectivity index (χ1v) is 7.82. The fourth-order valence-electron chi connectivity index (χ4n) is 2.73. The van der Waals surface area contributed by atoms with Crippen LogP contribution in [0.3, 0.4) is 0 Å². The summed E-state index contributed by atoms with van der Waals surface area (Å²) in [5, 5.41) is 16.3. The Hall–Kier alpha value is -1.83. The molecule has 3 nitrogen and oxygen atoms in total. The minimum atomic E-state index is 0.220. The molecule has 0 aliphatic carbocycles. The number of benzene rings is 2. The predicted octanol–water partition coefficient (Wildman–Crippen LogP) is 3.97. The second-order valence-electron chi connectivity index (χ2n) is 5.16. The lowest BCUT2D eigenvalue weighted by molar-refractivity contribution is 0.637. The van der Waals surface area contributed by atoms with Crippen LogP contribution in [0.15, 0.2) is 46.9 Å². The van der Waals surface area contributed by atoms with E-state index in [-0.39, 0.29) is 6.04 Å². The van der Waals surface area contributed by atoms with Crippen molar-refractivity contribution in [3.63, 3.8) is 0 Å². The van der Waals surface area contributed by atoms with Gasteiger partial charge in [-0.2, -0.15) is 5.26 Å². The molecule has 1 unspecified atom stereocenters. The Labute approximate surface area is 133 Å². The van der Waals surface area contributed by atoms with Gasteiger partial charge in [-0.15, -0.1) is 0 Å². The molecule has 2 aromatic rings.